The van der Waals surface area contributed by atoms with E-state index in [1.807, 2.05) is 6.07 Å². The standard InChI is InChI=1S/C17H22N2O/c1-12(2)14-7-8-17(3,10-14)16(20)19-15-6-4-5-13(9-15)11-18/h4-6,9,12,14H,7-8,10H2,1-3H3,(H,19,20). The Kier molecular flexibility index (Phi) is 4.13. The maximum absolute atomic E-state index is 12.5. The first-order valence-corrected chi connectivity index (χ1v) is 7.26. The number of carbonyl (C=O) groups excluding carboxylic acids is 1. The van der Waals surface area contributed by atoms with Crippen LogP contribution >= 0.6 is 0 Å². The molecular formula is C17H22N2O. The smallest absolute Gasteiger partial charge is 0.230 e. The molecule has 0 saturated heterocycles. The highest BCUT2D eigenvalue weighted by Gasteiger charge is 2.41. The number of hydrogen-bond acceptors (Lipinski definition) is 2. The summed E-state index contributed by atoms with van der Waals surface area (Å²) in [6.45, 7) is 6.51. The summed E-state index contributed by atoms with van der Waals surface area (Å²) >= 11 is 0. The van der Waals surface area contributed by atoms with Gasteiger partial charge in [-0.1, -0.05) is 26.8 Å². The van der Waals surface area contributed by atoms with E-state index in [-0.39, 0.29) is 11.3 Å². The molecule has 0 aliphatic heterocycles. The first-order valence-electron chi connectivity index (χ1n) is 7.26. The van der Waals surface area contributed by atoms with Crippen molar-refractivity contribution >= 4 is 11.6 Å². The van der Waals surface area contributed by atoms with Crippen LogP contribution < -0.4 is 5.32 Å². The van der Waals surface area contributed by atoms with Gasteiger partial charge in [-0.2, -0.15) is 5.26 Å². The van der Waals surface area contributed by atoms with Crippen LogP contribution in [0.1, 0.15) is 45.6 Å². The highest BCUT2D eigenvalue weighted by Crippen LogP contribution is 2.45. The Morgan fingerprint density at radius 3 is 2.85 bits per heavy atom. The molecule has 106 valence electrons. The molecule has 1 saturated carbocycles. The summed E-state index contributed by atoms with van der Waals surface area (Å²) in [7, 11) is 0. The maximum Gasteiger partial charge on any atom is 0.230 e. The first kappa shape index (κ1) is 14.6. The molecule has 0 aromatic heterocycles. The van der Waals surface area contributed by atoms with E-state index in [0.29, 0.717) is 23.1 Å². The fourth-order valence-corrected chi connectivity index (χ4v) is 3.01. The van der Waals surface area contributed by atoms with Crippen molar-refractivity contribution in [1.82, 2.24) is 0 Å². The van der Waals surface area contributed by atoms with Crippen molar-refractivity contribution in [3.8, 4) is 6.07 Å². The molecule has 1 aromatic rings. The SMILES string of the molecule is CC(C)C1CCC(C)(C(=O)Nc2cccc(C#N)c2)C1. The van der Waals surface area contributed by atoms with E-state index in [1.165, 1.54) is 0 Å². The molecule has 20 heavy (non-hydrogen) atoms. The van der Waals surface area contributed by atoms with Gasteiger partial charge >= 0.3 is 0 Å². The van der Waals surface area contributed by atoms with Crippen molar-refractivity contribution in [3.05, 3.63) is 29.8 Å². The van der Waals surface area contributed by atoms with Gasteiger partial charge in [0.25, 0.3) is 0 Å². The average Bonchev–Trinajstić information content (AvgIpc) is 2.83. The predicted molar refractivity (Wildman–Crippen MR) is 80.1 cm³/mol. The summed E-state index contributed by atoms with van der Waals surface area (Å²) in [4.78, 5) is 12.5. The number of nitriles is 1. The molecule has 3 nitrogen and oxygen atoms in total. The van der Waals surface area contributed by atoms with Crippen LogP contribution in [-0.2, 0) is 4.79 Å². The summed E-state index contributed by atoms with van der Waals surface area (Å²) < 4.78 is 0. The molecule has 2 atom stereocenters. The lowest BCUT2D eigenvalue weighted by molar-refractivity contribution is -0.124. The minimum atomic E-state index is -0.280. The first-order chi connectivity index (χ1) is 9.44. The van der Waals surface area contributed by atoms with E-state index in [1.54, 1.807) is 18.2 Å². The van der Waals surface area contributed by atoms with Crippen molar-refractivity contribution in [2.45, 2.75) is 40.0 Å². The molecule has 2 unspecified atom stereocenters. The minimum absolute atomic E-state index is 0.0794. The van der Waals surface area contributed by atoms with Crippen LogP contribution in [-0.4, -0.2) is 5.91 Å². The molecule has 2 rings (SSSR count). The van der Waals surface area contributed by atoms with Crippen LogP contribution in [0.25, 0.3) is 0 Å². The molecule has 1 aliphatic carbocycles. The molecule has 1 aromatic carbocycles. The van der Waals surface area contributed by atoms with E-state index in [2.05, 4.69) is 32.2 Å². The molecule has 0 heterocycles. The summed E-state index contributed by atoms with van der Waals surface area (Å²) in [6, 6.07) is 9.17. The average molecular weight is 270 g/mol. The third kappa shape index (κ3) is 3.01. The molecule has 1 aliphatic rings. The summed E-state index contributed by atoms with van der Waals surface area (Å²) in [6.07, 6.45) is 3.02. The number of amides is 1. The van der Waals surface area contributed by atoms with Crippen molar-refractivity contribution in [1.29, 1.82) is 5.26 Å². The van der Waals surface area contributed by atoms with Crippen LogP contribution in [0, 0.1) is 28.6 Å². The fourth-order valence-electron chi connectivity index (χ4n) is 3.01. The van der Waals surface area contributed by atoms with Gasteiger partial charge < -0.3 is 5.32 Å². The normalized spacial score (nSPS) is 25.4. The second kappa shape index (κ2) is 5.66. The van der Waals surface area contributed by atoms with E-state index in [9.17, 15) is 4.79 Å². The monoisotopic (exact) mass is 270 g/mol. The largest absolute Gasteiger partial charge is 0.326 e. The van der Waals surface area contributed by atoms with Gasteiger partial charge in [-0.15, -0.1) is 0 Å². The molecule has 0 radical (unpaired) electrons. The van der Waals surface area contributed by atoms with E-state index >= 15 is 0 Å². The molecular weight excluding hydrogens is 248 g/mol. The van der Waals surface area contributed by atoms with Crippen LogP contribution in [0.3, 0.4) is 0 Å². The van der Waals surface area contributed by atoms with E-state index in [0.717, 1.165) is 19.3 Å². The summed E-state index contributed by atoms with van der Waals surface area (Å²) in [5.74, 6) is 1.35. The third-order valence-electron chi connectivity index (χ3n) is 4.52. The van der Waals surface area contributed by atoms with Crippen molar-refractivity contribution in [2.75, 3.05) is 5.32 Å². The quantitative estimate of drug-likeness (QED) is 0.903. The Labute approximate surface area is 121 Å². The second-order valence-corrected chi connectivity index (χ2v) is 6.45. The van der Waals surface area contributed by atoms with Gasteiger partial charge in [0, 0.05) is 11.1 Å². The molecule has 1 amide bonds. The second-order valence-electron chi connectivity index (χ2n) is 6.45. The maximum atomic E-state index is 12.5. The number of rotatable bonds is 3. The third-order valence-corrected chi connectivity index (χ3v) is 4.52. The lowest BCUT2D eigenvalue weighted by Crippen LogP contribution is -2.31. The van der Waals surface area contributed by atoms with Gasteiger partial charge in [0.15, 0.2) is 0 Å². The topological polar surface area (TPSA) is 52.9 Å². The van der Waals surface area contributed by atoms with Gasteiger partial charge in [-0.05, 0) is 49.3 Å². The molecule has 3 heteroatoms. The molecule has 1 N–H and O–H groups in total. The number of carbonyl (C=O) groups is 1. The number of anilines is 1. The minimum Gasteiger partial charge on any atom is -0.326 e. The van der Waals surface area contributed by atoms with Crippen LogP contribution in [0.4, 0.5) is 5.69 Å². The van der Waals surface area contributed by atoms with Gasteiger partial charge in [0.2, 0.25) is 5.91 Å². The van der Waals surface area contributed by atoms with Crippen molar-refractivity contribution in [2.24, 2.45) is 17.3 Å². The van der Waals surface area contributed by atoms with Gasteiger partial charge in [0.05, 0.1) is 11.6 Å². The Balaban J connectivity index is 2.07. The summed E-state index contributed by atoms with van der Waals surface area (Å²) in [5.41, 5.74) is 1.00. The van der Waals surface area contributed by atoms with Gasteiger partial charge in [-0.3, -0.25) is 4.79 Å². The van der Waals surface area contributed by atoms with E-state index < -0.39 is 0 Å². The van der Waals surface area contributed by atoms with Gasteiger partial charge in [-0.25, -0.2) is 0 Å². The lowest BCUT2D eigenvalue weighted by atomic mass is 9.84. The Hall–Kier alpha value is -1.82. The number of nitrogens with zero attached hydrogens (tertiary/aromatic N) is 1. The van der Waals surface area contributed by atoms with Crippen molar-refractivity contribution < 1.29 is 4.79 Å². The lowest BCUT2D eigenvalue weighted by Gasteiger charge is -2.24. The van der Waals surface area contributed by atoms with Gasteiger partial charge in [0.1, 0.15) is 0 Å². The number of hydrogen-bond donors (Lipinski definition) is 1. The zero-order valence-corrected chi connectivity index (χ0v) is 12.4. The summed E-state index contributed by atoms with van der Waals surface area (Å²) in [5, 5.41) is 11.9. The highest BCUT2D eigenvalue weighted by molar-refractivity contribution is 5.95. The highest BCUT2D eigenvalue weighted by atomic mass is 16.2. The van der Waals surface area contributed by atoms with Crippen LogP contribution in [0.2, 0.25) is 0 Å². The molecule has 1 fully saturated rings. The predicted octanol–water partition coefficient (Wildman–Crippen LogP) is 3.96. The van der Waals surface area contributed by atoms with Crippen LogP contribution in [0.5, 0.6) is 0 Å². The van der Waals surface area contributed by atoms with E-state index in [4.69, 9.17) is 5.26 Å². The number of benzene rings is 1. The fraction of sp³-hybridized carbons (Fsp3) is 0.529. The Morgan fingerprint density at radius 2 is 2.25 bits per heavy atom. The molecule has 0 spiro atoms. The molecule has 0 bridgehead atoms. The van der Waals surface area contributed by atoms with Crippen molar-refractivity contribution in [3.63, 3.8) is 0 Å². The Bertz CT molecular complexity index is 544. The number of nitrogens with one attached hydrogen (secondary N) is 1. The zero-order valence-electron chi connectivity index (χ0n) is 12.4. The van der Waals surface area contributed by atoms with Crippen LogP contribution in [0.15, 0.2) is 24.3 Å². The Morgan fingerprint density at radius 1 is 1.50 bits per heavy atom. The zero-order chi connectivity index (χ0) is 14.8.